The molecule has 138 valence electrons. The van der Waals surface area contributed by atoms with E-state index in [0.29, 0.717) is 4.68 Å². The molecule has 0 fully saturated rings. The molecule has 1 aliphatic rings. The summed E-state index contributed by atoms with van der Waals surface area (Å²) in [6.07, 6.45) is -0.287. The third-order valence-electron chi connectivity index (χ3n) is 3.07. The molecule has 0 unspecified atom stereocenters. The smallest absolute Gasteiger partial charge is 0.418 e. The molecule has 1 aromatic carbocycles. The van der Waals surface area contributed by atoms with Gasteiger partial charge in [-0.15, -0.1) is 0 Å². The number of alkyl halides is 1. The third kappa shape index (κ3) is 3.87. The topological polar surface area (TPSA) is 21.7 Å². The van der Waals surface area contributed by atoms with E-state index in [9.17, 15) is 43.6 Å². The number of fused-ring (bicyclic) bond motifs is 1. The van der Waals surface area contributed by atoms with E-state index in [-0.39, 0.29) is 18.8 Å². The monoisotopic (exact) mass is 381 g/mol. The number of aryl methyl sites for hydroxylation is 1. The van der Waals surface area contributed by atoms with E-state index in [2.05, 4.69) is 5.10 Å². The summed E-state index contributed by atoms with van der Waals surface area (Å²) in [6.45, 7) is 0.214. The number of rotatable bonds is 1. The second kappa shape index (κ2) is 6.56. The Morgan fingerprint density at radius 1 is 0.920 bits per heavy atom. The standard InChI is InChI=1S/C11H6F6N3.BF4/c12-4-1-2-19-3-20(18-11(4)19)10-8(16)6(14)5(13)7(15)9(10)17;2-1(3,4)5/h3-4H,1-2H2;/q+1;-1/t4-;/m0./s1. The predicted molar refractivity (Wildman–Crippen MR) is 62.2 cm³/mol. The van der Waals surface area contributed by atoms with Gasteiger partial charge < -0.3 is 17.3 Å². The minimum Gasteiger partial charge on any atom is -0.418 e. The summed E-state index contributed by atoms with van der Waals surface area (Å²) in [4.78, 5) is 0. The van der Waals surface area contributed by atoms with Crippen molar-refractivity contribution >= 4 is 7.25 Å². The Labute approximate surface area is 132 Å². The molecule has 0 N–H and O–H groups in total. The molecule has 0 radical (unpaired) electrons. The second-order valence-corrected chi connectivity index (χ2v) is 4.78. The van der Waals surface area contributed by atoms with Crippen LogP contribution in [0.25, 0.3) is 5.69 Å². The first-order chi connectivity index (χ1) is 11.4. The molecule has 2 aromatic rings. The van der Waals surface area contributed by atoms with Crippen LogP contribution < -0.4 is 4.57 Å². The number of hydrogen-bond acceptors (Lipinski definition) is 1. The van der Waals surface area contributed by atoms with Gasteiger partial charge in [-0.2, -0.15) is 8.78 Å². The van der Waals surface area contributed by atoms with Crippen molar-refractivity contribution in [2.75, 3.05) is 0 Å². The average Bonchev–Trinajstić information content (AvgIpc) is 3.04. The molecule has 0 spiro atoms. The molecule has 1 aliphatic heterocycles. The fourth-order valence-corrected chi connectivity index (χ4v) is 2.08. The zero-order valence-electron chi connectivity index (χ0n) is 11.8. The van der Waals surface area contributed by atoms with Crippen molar-refractivity contribution in [3.05, 3.63) is 41.2 Å². The molecule has 0 saturated carbocycles. The van der Waals surface area contributed by atoms with Crippen LogP contribution in [-0.4, -0.2) is 17.0 Å². The summed E-state index contributed by atoms with van der Waals surface area (Å²) in [5.41, 5.74) is -1.23. The SMILES string of the molecule is F[B-](F)(F)F.Fc1c(F)c(F)c(-n2c[n+]3c(n2)[C@@H](F)CC3)c(F)c1F. The van der Waals surface area contributed by atoms with E-state index in [1.54, 1.807) is 0 Å². The molecular weight excluding hydrogens is 375 g/mol. The van der Waals surface area contributed by atoms with Crippen LogP contribution in [0, 0.1) is 29.1 Å². The van der Waals surface area contributed by atoms with Crippen LogP contribution in [0.1, 0.15) is 18.4 Å². The van der Waals surface area contributed by atoms with Crippen molar-refractivity contribution in [1.29, 1.82) is 0 Å². The first-order valence-corrected chi connectivity index (χ1v) is 6.44. The first kappa shape index (κ1) is 19.1. The summed E-state index contributed by atoms with van der Waals surface area (Å²) in [5, 5.41) is 3.54. The minimum atomic E-state index is -6.00. The van der Waals surface area contributed by atoms with Crippen LogP contribution in [0.2, 0.25) is 0 Å². The minimum absolute atomic E-state index is 0.117. The van der Waals surface area contributed by atoms with Gasteiger partial charge in [-0.25, -0.2) is 22.1 Å². The van der Waals surface area contributed by atoms with Crippen LogP contribution in [0.3, 0.4) is 0 Å². The van der Waals surface area contributed by atoms with Crippen molar-refractivity contribution < 1.29 is 48.2 Å². The van der Waals surface area contributed by atoms with Crippen molar-refractivity contribution in [2.24, 2.45) is 0 Å². The van der Waals surface area contributed by atoms with E-state index >= 15 is 0 Å². The largest absolute Gasteiger partial charge is 0.673 e. The molecule has 1 aromatic heterocycles. The van der Waals surface area contributed by atoms with E-state index in [0.717, 1.165) is 6.33 Å². The maximum atomic E-state index is 13.6. The Morgan fingerprint density at radius 3 is 1.80 bits per heavy atom. The summed E-state index contributed by atoms with van der Waals surface area (Å²) >= 11 is 0. The van der Waals surface area contributed by atoms with Crippen LogP contribution in [0.5, 0.6) is 0 Å². The number of hydrogen-bond donors (Lipinski definition) is 0. The molecule has 3 nitrogen and oxygen atoms in total. The molecule has 0 amide bonds. The van der Waals surface area contributed by atoms with Crippen molar-refractivity contribution in [3.8, 4) is 5.69 Å². The van der Waals surface area contributed by atoms with Gasteiger partial charge >= 0.3 is 13.1 Å². The lowest BCUT2D eigenvalue weighted by Crippen LogP contribution is -2.30. The summed E-state index contributed by atoms with van der Waals surface area (Å²) in [6, 6.07) is 0. The van der Waals surface area contributed by atoms with Gasteiger partial charge in [0.1, 0.15) is 0 Å². The van der Waals surface area contributed by atoms with Crippen LogP contribution in [0.15, 0.2) is 6.33 Å². The Kier molecular flexibility index (Phi) is 5.00. The Morgan fingerprint density at radius 2 is 1.36 bits per heavy atom. The molecule has 2 heterocycles. The number of halogens is 10. The van der Waals surface area contributed by atoms with Gasteiger partial charge in [-0.3, -0.25) is 0 Å². The normalized spacial score (nSPS) is 16.5. The van der Waals surface area contributed by atoms with E-state index in [4.69, 9.17) is 0 Å². The van der Waals surface area contributed by atoms with E-state index < -0.39 is 48.2 Å². The Bertz CT molecular complexity index is 767. The van der Waals surface area contributed by atoms with Crippen molar-refractivity contribution in [1.82, 2.24) is 9.78 Å². The molecule has 1 atom stereocenters. The molecule has 0 bridgehead atoms. The van der Waals surface area contributed by atoms with Crippen LogP contribution >= 0.6 is 0 Å². The van der Waals surface area contributed by atoms with E-state index in [1.807, 2.05) is 0 Å². The van der Waals surface area contributed by atoms with Gasteiger partial charge in [0.2, 0.25) is 41.1 Å². The second-order valence-electron chi connectivity index (χ2n) is 4.78. The highest BCUT2D eigenvalue weighted by molar-refractivity contribution is 6.50. The summed E-state index contributed by atoms with van der Waals surface area (Å²) < 4.78 is 120. The van der Waals surface area contributed by atoms with E-state index in [1.165, 1.54) is 4.57 Å². The maximum Gasteiger partial charge on any atom is 0.673 e. The molecule has 3 rings (SSSR count). The zero-order valence-corrected chi connectivity index (χ0v) is 11.8. The Balaban J connectivity index is 0.000000399. The van der Waals surface area contributed by atoms with Crippen LogP contribution in [-0.2, 0) is 6.54 Å². The first-order valence-electron chi connectivity index (χ1n) is 6.44. The van der Waals surface area contributed by atoms with Crippen molar-refractivity contribution in [2.45, 2.75) is 19.1 Å². The fraction of sp³-hybridized carbons (Fsp3) is 0.273. The van der Waals surface area contributed by atoms with Gasteiger partial charge in [0.25, 0.3) is 0 Å². The molecule has 25 heavy (non-hydrogen) atoms. The quantitative estimate of drug-likeness (QED) is 0.244. The number of aromatic nitrogens is 3. The zero-order chi connectivity index (χ0) is 19.1. The van der Waals surface area contributed by atoms with Crippen molar-refractivity contribution in [3.63, 3.8) is 0 Å². The third-order valence-corrected chi connectivity index (χ3v) is 3.07. The lowest BCUT2D eigenvalue weighted by Gasteiger charge is -2.03. The van der Waals surface area contributed by atoms with Gasteiger partial charge in [-0.05, 0) is 0 Å². The summed E-state index contributed by atoms with van der Waals surface area (Å²) in [5.74, 6) is -10.5. The highest BCUT2D eigenvalue weighted by atomic mass is 19.5. The highest BCUT2D eigenvalue weighted by Gasteiger charge is 2.37. The number of benzene rings is 1. The predicted octanol–water partition coefficient (Wildman–Crippen LogP) is 3.57. The average molecular weight is 381 g/mol. The lowest BCUT2D eigenvalue weighted by molar-refractivity contribution is -0.691. The maximum absolute atomic E-state index is 13.6. The van der Waals surface area contributed by atoms with Gasteiger partial charge in [-0.1, -0.05) is 4.68 Å². The molecular formula is C11H6BF10N3. The summed E-state index contributed by atoms with van der Waals surface area (Å²) in [7, 11) is -6.00. The van der Waals surface area contributed by atoms with Gasteiger partial charge in [0, 0.05) is 11.5 Å². The van der Waals surface area contributed by atoms with Gasteiger partial charge in [0.15, 0.2) is 6.17 Å². The molecule has 14 heteroatoms. The van der Waals surface area contributed by atoms with Gasteiger partial charge in [0.05, 0.1) is 6.54 Å². The molecule has 0 saturated heterocycles. The lowest BCUT2D eigenvalue weighted by atomic mass is 10.2. The van der Waals surface area contributed by atoms with Crippen LogP contribution in [0.4, 0.5) is 43.6 Å². The Hall–Kier alpha value is -2.28. The number of nitrogens with zero attached hydrogens (tertiary/aromatic N) is 3. The highest BCUT2D eigenvalue weighted by Crippen LogP contribution is 2.27. The molecule has 0 aliphatic carbocycles. The fourth-order valence-electron chi connectivity index (χ4n) is 2.08.